The molecule has 0 radical (unpaired) electrons. The summed E-state index contributed by atoms with van der Waals surface area (Å²) < 4.78 is 15.1. The number of guanidine groups is 1. The first-order valence-electron chi connectivity index (χ1n) is 8.53. The SMILES string of the molecule is CCc1nncn1CCNC(=NC)NCC(C)(C)c1ccc(F)cc1. The van der Waals surface area contributed by atoms with Crippen LogP contribution in [0.15, 0.2) is 35.6 Å². The molecule has 0 saturated carbocycles. The molecule has 136 valence electrons. The number of hydrogen-bond acceptors (Lipinski definition) is 3. The Kier molecular flexibility index (Phi) is 6.50. The molecule has 0 amide bonds. The van der Waals surface area contributed by atoms with Crippen molar-refractivity contribution in [1.82, 2.24) is 25.4 Å². The number of aliphatic imine (C=N–C) groups is 1. The van der Waals surface area contributed by atoms with Crippen molar-refractivity contribution >= 4 is 5.96 Å². The number of rotatable bonds is 7. The van der Waals surface area contributed by atoms with E-state index in [2.05, 4.69) is 46.6 Å². The standard InChI is InChI=1S/C18H27FN6/c1-5-16-24-23-13-25(16)11-10-21-17(20-4)22-12-18(2,3)14-6-8-15(19)9-7-14/h6-9,13H,5,10-12H2,1-4H3,(H2,20,21,22). The fourth-order valence-electron chi connectivity index (χ4n) is 2.56. The molecule has 0 spiro atoms. The van der Waals surface area contributed by atoms with Crippen LogP contribution in [0.4, 0.5) is 4.39 Å². The lowest BCUT2D eigenvalue weighted by Gasteiger charge is -2.26. The molecule has 0 aliphatic heterocycles. The molecule has 1 aromatic carbocycles. The predicted molar refractivity (Wildman–Crippen MR) is 98.2 cm³/mol. The third kappa shape index (κ3) is 5.27. The quantitative estimate of drug-likeness (QED) is 0.595. The number of aryl methyl sites for hydroxylation is 1. The first-order valence-corrected chi connectivity index (χ1v) is 8.53. The van der Waals surface area contributed by atoms with Crippen LogP contribution in [-0.4, -0.2) is 40.9 Å². The maximum atomic E-state index is 13.1. The molecule has 2 aromatic rings. The number of nitrogens with zero attached hydrogens (tertiary/aromatic N) is 4. The summed E-state index contributed by atoms with van der Waals surface area (Å²) in [5, 5.41) is 14.6. The molecular formula is C18H27FN6. The Hall–Kier alpha value is -2.44. The second-order valence-electron chi connectivity index (χ2n) is 6.54. The molecule has 2 rings (SSSR count). The summed E-state index contributed by atoms with van der Waals surface area (Å²) in [5.41, 5.74) is 0.934. The Bertz CT molecular complexity index is 690. The predicted octanol–water partition coefficient (Wildman–Crippen LogP) is 2.12. The largest absolute Gasteiger partial charge is 0.356 e. The second-order valence-corrected chi connectivity index (χ2v) is 6.54. The molecular weight excluding hydrogens is 319 g/mol. The van der Waals surface area contributed by atoms with Crippen LogP contribution in [0, 0.1) is 5.82 Å². The molecule has 0 atom stereocenters. The van der Waals surface area contributed by atoms with Gasteiger partial charge in [-0.2, -0.15) is 0 Å². The molecule has 6 nitrogen and oxygen atoms in total. The first-order chi connectivity index (χ1) is 12.0. The van der Waals surface area contributed by atoms with Crippen molar-refractivity contribution in [1.29, 1.82) is 0 Å². The van der Waals surface area contributed by atoms with Crippen LogP contribution < -0.4 is 10.6 Å². The van der Waals surface area contributed by atoms with Gasteiger partial charge in [0.1, 0.15) is 18.0 Å². The van der Waals surface area contributed by atoms with E-state index in [1.807, 2.05) is 16.7 Å². The van der Waals surface area contributed by atoms with Gasteiger partial charge in [0.25, 0.3) is 0 Å². The Morgan fingerprint density at radius 1 is 1.24 bits per heavy atom. The summed E-state index contributed by atoms with van der Waals surface area (Å²) in [6.07, 6.45) is 2.60. The van der Waals surface area contributed by atoms with Crippen molar-refractivity contribution in [3.05, 3.63) is 47.8 Å². The van der Waals surface area contributed by atoms with E-state index < -0.39 is 0 Å². The maximum absolute atomic E-state index is 13.1. The topological polar surface area (TPSA) is 67.1 Å². The van der Waals surface area contributed by atoms with Gasteiger partial charge in [-0.3, -0.25) is 4.99 Å². The first kappa shape index (κ1) is 18.9. The number of hydrogen-bond donors (Lipinski definition) is 2. The summed E-state index contributed by atoms with van der Waals surface area (Å²) in [5.74, 6) is 1.49. The minimum Gasteiger partial charge on any atom is -0.356 e. The Morgan fingerprint density at radius 2 is 1.96 bits per heavy atom. The fraction of sp³-hybridized carbons (Fsp3) is 0.500. The van der Waals surface area contributed by atoms with Crippen LogP contribution in [0.3, 0.4) is 0 Å². The third-order valence-electron chi connectivity index (χ3n) is 4.20. The van der Waals surface area contributed by atoms with Gasteiger partial charge in [0, 0.05) is 38.5 Å². The number of nitrogens with one attached hydrogen (secondary N) is 2. The van der Waals surface area contributed by atoms with Crippen molar-refractivity contribution < 1.29 is 4.39 Å². The van der Waals surface area contributed by atoms with Gasteiger partial charge in [0.05, 0.1) is 0 Å². The molecule has 0 aliphatic carbocycles. The zero-order chi connectivity index (χ0) is 18.3. The van der Waals surface area contributed by atoms with E-state index in [-0.39, 0.29) is 11.2 Å². The monoisotopic (exact) mass is 346 g/mol. The number of halogens is 1. The zero-order valence-electron chi connectivity index (χ0n) is 15.4. The molecule has 0 aliphatic rings. The van der Waals surface area contributed by atoms with Crippen LogP contribution in [0.5, 0.6) is 0 Å². The van der Waals surface area contributed by atoms with Gasteiger partial charge < -0.3 is 15.2 Å². The normalized spacial score (nSPS) is 12.3. The van der Waals surface area contributed by atoms with E-state index in [0.717, 1.165) is 36.9 Å². The van der Waals surface area contributed by atoms with E-state index in [1.165, 1.54) is 12.1 Å². The highest BCUT2D eigenvalue weighted by Gasteiger charge is 2.20. The van der Waals surface area contributed by atoms with Crippen molar-refractivity contribution in [2.24, 2.45) is 4.99 Å². The van der Waals surface area contributed by atoms with E-state index in [4.69, 9.17) is 0 Å². The van der Waals surface area contributed by atoms with Crippen molar-refractivity contribution in [2.45, 2.75) is 39.2 Å². The molecule has 0 bridgehead atoms. The van der Waals surface area contributed by atoms with E-state index in [1.54, 1.807) is 13.4 Å². The average Bonchev–Trinajstić information content (AvgIpc) is 3.05. The molecule has 1 heterocycles. The Labute approximate surface area is 148 Å². The lowest BCUT2D eigenvalue weighted by Crippen LogP contribution is -2.44. The molecule has 0 unspecified atom stereocenters. The van der Waals surface area contributed by atoms with Gasteiger partial charge >= 0.3 is 0 Å². The van der Waals surface area contributed by atoms with Gasteiger partial charge in [0.15, 0.2) is 5.96 Å². The molecule has 2 N–H and O–H groups in total. The lowest BCUT2D eigenvalue weighted by atomic mass is 9.84. The zero-order valence-corrected chi connectivity index (χ0v) is 15.4. The van der Waals surface area contributed by atoms with Crippen molar-refractivity contribution in [3.63, 3.8) is 0 Å². The number of aromatic nitrogens is 3. The summed E-state index contributed by atoms with van der Waals surface area (Å²) >= 11 is 0. The maximum Gasteiger partial charge on any atom is 0.191 e. The Morgan fingerprint density at radius 3 is 2.60 bits per heavy atom. The number of benzene rings is 1. The van der Waals surface area contributed by atoms with Gasteiger partial charge in [-0.15, -0.1) is 10.2 Å². The highest BCUT2D eigenvalue weighted by molar-refractivity contribution is 5.79. The summed E-state index contributed by atoms with van der Waals surface area (Å²) in [6, 6.07) is 6.64. The van der Waals surface area contributed by atoms with Crippen LogP contribution in [0.25, 0.3) is 0 Å². The van der Waals surface area contributed by atoms with E-state index in [0.29, 0.717) is 6.54 Å². The summed E-state index contributed by atoms with van der Waals surface area (Å²) in [4.78, 5) is 4.25. The highest BCUT2D eigenvalue weighted by Crippen LogP contribution is 2.22. The van der Waals surface area contributed by atoms with Gasteiger partial charge in [-0.05, 0) is 17.7 Å². The third-order valence-corrected chi connectivity index (χ3v) is 4.20. The summed E-state index contributed by atoms with van der Waals surface area (Å²) in [7, 11) is 1.75. The average molecular weight is 346 g/mol. The van der Waals surface area contributed by atoms with Crippen LogP contribution >= 0.6 is 0 Å². The fourth-order valence-corrected chi connectivity index (χ4v) is 2.56. The van der Waals surface area contributed by atoms with Gasteiger partial charge in [0.2, 0.25) is 0 Å². The molecule has 1 aromatic heterocycles. The van der Waals surface area contributed by atoms with Crippen molar-refractivity contribution in [3.8, 4) is 0 Å². The van der Waals surface area contributed by atoms with E-state index in [9.17, 15) is 4.39 Å². The van der Waals surface area contributed by atoms with Crippen LogP contribution in [0.1, 0.15) is 32.2 Å². The molecule has 0 fully saturated rings. The lowest BCUT2D eigenvalue weighted by molar-refractivity contribution is 0.505. The molecule has 25 heavy (non-hydrogen) atoms. The Balaban J connectivity index is 1.84. The van der Waals surface area contributed by atoms with E-state index >= 15 is 0 Å². The second kappa shape index (κ2) is 8.60. The molecule has 0 saturated heterocycles. The van der Waals surface area contributed by atoms with Gasteiger partial charge in [-0.25, -0.2) is 4.39 Å². The molecule has 7 heteroatoms. The van der Waals surface area contributed by atoms with Crippen LogP contribution in [-0.2, 0) is 18.4 Å². The minimum atomic E-state index is -0.217. The van der Waals surface area contributed by atoms with Gasteiger partial charge in [-0.1, -0.05) is 32.9 Å². The summed E-state index contributed by atoms with van der Waals surface area (Å²) in [6.45, 7) is 8.48. The smallest absolute Gasteiger partial charge is 0.191 e. The minimum absolute atomic E-state index is 0.144. The van der Waals surface area contributed by atoms with Crippen molar-refractivity contribution in [2.75, 3.05) is 20.1 Å². The van der Waals surface area contributed by atoms with Crippen LogP contribution in [0.2, 0.25) is 0 Å². The highest BCUT2D eigenvalue weighted by atomic mass is 19.1.